The molecule has 0 aromatic carbocycles. The third-order valence-corrected chi connectivity index (χ3v) is 5.83. The zero-order valence-corrected chi connectivity index (χ0v) is 16.4. The first-order chi connectivity index (χ1) is 11.4. The van der Waals surface area contributed by atoms with Gasteiger partial charge < -0.3 is 20.1 Å². The number of allylic oxidation sites excluding steroid dienone is 1. The molecule has 0 spiro atoms. The number of hydrogen-bond acceptors (Lipinski definition) is 5. The molecule has 1 aliphatic heterocycles. The number of aryl methyl sites for hydroxylation is 1. The maximum absolute atomic E-state index is 12.9. The van der Waals surface area contributed by atoms with E-state index in [1.807, 2.05) is 26.1 Å². The molecular formula is C15H15BrN4O2S2. The number of anilines is 1. The number of nitrogens with one attached hydrogen (secondary N) is 2. The van der Waals surface area contributed by atoms with Crippen molar-refractivity contribution in [2.24, 2.45) is 0 Å². The largest absolute Gasteiger partial charge is 0.360 e. The summed E-state index contributed by atoms with van der Waals surface area (Å²) in [4.78, 5) is 15.6. The zero-order chi connectivity index (χ0) is 17.4. The molecule has 24 heavy (non-hydrogen) atoms. The van der Waals surface area contributed by atoms with Gasteiger partial charge in [0.05, 0.1) is 15.4 Å². The molecule has 3 rings (SSSR count). The Bertz CT molecular complexity index is 842. The zero-order valence-electron chi connectivity index (χ0n) is 13.2. The van der Waals surface area contributed by atoms with Crippen molar-refractivity contribution in [1.82, 2.24) is 15.4 Å². The lowest BCUT2D eigenvalue weighted by Gasteiger charge is -2.35. The summed E-state index contributed by atoms with van der Waals surface area (Å²) in [6.45, 7) is 3.65. The topological polar surface area (TPSA) is 70.4 Å². The maximum Gasteiger partial charge on any atom is 0.257 e. The maximum atomic E-state index is 12.9. The number of amides is 1. The summed E-state index contributed by atoms with van der Waals surface area (Å²) in [6, 6.07) is 5.29. The fraction of sp³-hybridized carbons (Fsp3) is 0.267. The number of halogens is 1. The molecule has 2 aromatic rings. The van der Waals surface area contributed by atoms with Gasteiger partial charge in [-0.15, -0.1) is 11.3 Å². The average Bonchev–Trinajstić information content (AvgIpc) is 3.13. The van der Waals surface area contributed by atoms with E-state index in [4.69, 9.17) is 16.7 Å². The van der Waals surface area contributed by atoms with Gasteiger partial charge in [-0.1, -0.05) is 5.16 Å². The molecule has 0 aliphatic carbocycles. The second-order valence-corrected chi connectivity index (χ2v) is 8.24. The molecule has 126 valence electrons. The highest BCUT2D eigenvalue weighted by molar-refractivity contribution is 9.11. The molecule has 2 aromatic heterocycles. The van der Waals surface area contributed by atoms with Crippen molar-refractivity contribution in [2.45, 2.75) is 19.9 Å². The first-order valence-corrected chi connectivity index (χ1v) is 9.13. The Morgan fingerprint density at radius 2 is 2.25 bits per heavy atom. The van der Waals surface area contributed by atoms with E-state index in [1.54, 1.807) is 29.2 Å². The minimum Gasteiger partial charge on any atom is -0.360 e. The van der Waals surface area contributed by atoms with Crippen LogP contribution in [0.3, 0.4) is 0 Å². The monoisotopic (exact) mass is 426 g/mol. The van der Waals surface area contributed by atoms with E-state index >= 15 is 0 Å². The fourth-order valence-corrected chi connectivity index (χ4v) is 4.18. The second kappa shape index (κ2) is 6.66. The van der Waals surface area contributed by atoms with Crippen molar-refractivity contribution < 1.29 is 9.32 Å². The summed E-state index contributed by atoms with van der Waals surface area (Å²) >= 11 is 10.4. The first-order valence-electron chi connectivity index (χ1n) is 7.11. The minimum atomic E-state index is -0.307. The smallest absolute Gasteiger partial charge is 0.257 e. The van der Waals surface area contributed by atoms with Crippen LogP contribution in [0.25, 0.3) is 0 Å². The summed E-state index contributed by atoms with van der Waals surface area (Å²) in [5.41, 5.74) is 1.40. The normalized spacial score (nSPS) is 17.9. The third kappa shape index (κ3) is 3.24. The molecule has 0 fully saturated rings. The highest BCUT2D eigenvalue weighted by atomic mass is 79.9. The van der Waals surface area contributed by atoms with Crippen molar-refractivity contribution in [1.29, 1.82) is 0 Å². The van der Waals surface area contributed by atoms with E-state index in [0.717, 1.165) is 14.4 Å². The van der Waals surface area contributed by atoms with E-state index in [-0.39, 0.29) is 11.9 Å². The molecule has 3 heterocycles. The summed E-state index contributed by atoms with van der Waals surface area (Å²) in [7, 11) is 1.83. The van der Waals surface area contributed by atoms with Crippen LogP contribution in [0.1, 0.15) is 23.6 Å². The van der Waals surface area contributed by atoms with Crippen LogP contribution in [-0.4, -0.2) is 28.1 Å². The molecule has 9 heteroatoms. The number of thiocarbonyl (C=S) groups is 1. The van der Waals surface area contributed by atoms with Crippen LogP contribution in [0.4, 0.5) is 5.82 Å². The van der Waals surface area contributed by atoms with Crippen LogP contribution >= 0.6 is 39.5 Å². The molecule has 2 N–H and O–H groups in total. The van der Waals surface area contributed by atoms with Gasteiger partial charge in [0.1, 0.15) is 5.76 Å². The van der Waals surface area contributed by atoms with Gasteiger partial charge in [0, 0.05) is 23.7 Å². The van der Waals surface area contributed by atoms with Gasteiger partial charge in [-0.2, -0.15) is 0 Å². The quantitative estimate of drug-likeness (QED) is 0.730. The van der Waals surface area contributed by atoms with Gasteiger partial charge in [0.25, 0.3) is 5.91 Å². The standard InChI is InChI=1S/C15H15BrN4O2S2/c1-7-6-11(19-22-7)17-14(21)12-8(2)20(3)15(23)18-13(12)9-4-5-10(16)24-9/h4-6,13H,1-3H3,(H,18,23)(H,17,19,21). The SMILES string of the molecule is CC1=C(C(=O)Nc2cc(C)on2)C(c2ccc(Br)s2)NC(=S)N1C. The van der Waals surface area contributed by atoms with E-state index in [1.165, 1.54) is 0 Å². The molecule has 1 atom stereocenters. The molecule has 0 bridgehead atoms. The number of carbonyl (C=O) groups is 1. The Morgan fingerprint density at radius 3 is 2.83 bits per heavy atom. The van der Waals surface area contributed by atoms with Crippen molar-refractivity contribution in [3.8, 4) is 0 Å². The molecule has 0 saturated carbocycles. The first kappa shape index (κ1) is 17.1. The predicted molar refractivity (Wildman–Crippen MR) is 101 cm³/mol. The molecule has 0 saturated heterocycles. The molecule has 6 nitrogen and oxygen atoms in total. The highest BCUT2D eigenvalue weighted by Gasteiger charge is 2.33. The minimum absolute atomic E-state index is 0.239. The third-order valence-electron chi connectivity index (χ3n) is 3.75. The number of rotatable bonds is 3. The van der Waals surface area contributed by atoms with Gasteiger partial charge in [0.15, 0.2) is 10.9 Å². The van der Waals surface area contributed by atoms with Crippen LogP contribution in [0.2, 0.25) is 0 Å². The summed E-state index contributed by atoms with van der Waals surface area (Å²) in [5, 5.41) is 10.4. The number of aromatic nitrogens is 1. The van der Waals surface area contributed by atoms with Crippen LogP contribution in [0.5, 0.6) is 0 Å². The Kier molecular flexibility index (Phi) is 4.75. The average molecular weight is 427 g/mol. The molecule has 1 amide bonds. The Morgan fingerprint density at radius 1 is 1.50 bits per heavy atom. The van der Waals surface area contributed by atoms with Crippen LogP contribution in [-0.2, 0) is 4.79 Å². The number of nitrogens with zero attached hydrogens (tertiary/aromatic N) is 2. The Hall–Kier alpha value is -1.71. The molecular weight excluding hydrogens is 412 g/mol. The number of hydrogen-bond donors (Lipinski definition) is 2. The van der Waals surface area contributed by atoms with Gasteiger partial charge in [-0.3, -0.25) is 4.79 Å². The van der Waals surface area contributed by atoms with E-state index in [9.17, 15) is 4.79 Å². The lowest BCUT2D eigenvalue weighted by atomic mass is 10.00. The van der Waals surface area contributed by atoms with Crippen molar-refractivity contribution in [3.05, 3.63) is 43.9 Å². The van der Waals surface area contributed by atoms with Crippen LogP contribution in [0, 0.1) is 6.92 Å². The number of carbonyl (C=O) groups excluding carboxylic acids is 1. The van der Waals surface area contributed by atoms with Gasteiger partial charge in [-0.05, 0) is 54.1 Å². The fourth-order valence-electron chi connectivity index (χ4n) is 2.44. The van der Waals surface area contributed by atoms with Gasteiger partial charge in [-0.25, -0.2) is 0 Å². The van der Waals surface area contributed by atoms with E-state index < -0.39 is 0 Å². The molecule has 1 aliphatic rings. The van der Waals surface area contributed by atoms with E-state index in [0.29, 0.717) is 22.3 Å². The van der Waals surface area contributed by atoms with E-state index in [2.05, 4.69) is 31.7 Å². The van der Waals surface area contributed by atoms with Crippen molar-refractivity contribution >= 4 is 56.3 Å². The van der Waals surface area contributed by atoms with Gasteiger partial charge in [0.2, 0.25) is 0 Å². The summed E-state index contributed by atoms with van der Waals surface area (Å²) in [6.07, 6.45) is 0. The summed E-state index contributed by atoms with van der Waals surface area (Å²) in [5.74, 6) is 0.784. The van der Waals surface area contributed by atoms with Crippen molar-refractivity contribution in [2.75, 3.05) is 12.4 Å². The lowest BCUT2D eigenvalue weighted by Crippen LogP contribution is -2.46. The molecule has 0 radical (unpaired) electrons. The number of thiophene rings is 1. The Labute approximate surface area is 157 Å². The van der Waals surface area contributed by atoms with Crippen LogP contribution < -0.4 is 10.6 Å². The summed E-state index contributed by atoms with van der Waals surface area (Å²) < 4.78 is 5.99. The van der Waals surface area contributed by atoms with Crippen LogP contribution in [0.15, 0.2) is 37.8 Å². The Balaban J connectivity index is 1.98. The van der Waals surface area contributed by atoms with Gasteiger partial charge >= 0.3 is 0 Å². The highest BCUT2D eigenvalue weighted by Crippen LogP contribution is 2.35. The predicted octanol–water partition coefficient (Wildman–Crippen LogP) is 3.58. The van der Waals surface area contributed by atoms with Crippen molar-refractivity contribution in [3.63, 3.8) is 0 Å². The molecule has 1 unspecified atom stereocenters. The second-order valence-electron chi connectivity index (χ2n) is 5.36. The lowest BCUT2D eigenvalue weighted by molar-refractivity contribution is -0.113.